The molecule has 1 aromatic rings. The van der Waals surface area contributed by atoms with Gasteiger partial charge in [-0.25, -0.2) is 15.0 Å². The quantitative estimate of drug-likeness (QED) is 0.687. The second-order valence-electron chi connectivity index (χ2n) is 3.06. The van der Waals surface area contributed by atoms with Crippen LogP contribution in [0.5, 0.6) is 0 Å². The molecule has 2 N–H and O–H groups in total. The van der Waals surface area contributed by atoms with Crippen LogP contribution in [-0.4, -0.2) is 21.5 Å². The van der Waals surface area contributed by atoms with Gasteiger partial charge >= 0.3 is 0 Å². The first kappa shape index (κ1) is 10.8. The topological polar surface area (TPSA) is 64.7 Å². The van der Waals surface area contributed by atoms with Crippen molar-refractivity contribution in [2.75, 3.05) is 6.54 Å². The number of aromatic nitrogens is 3. The van der Waals surface area contributed by atoms with Gasteiger partial charge < -0.3 is 5.73 Å². The molecule has 4 nitrogen and oxygen atoms in total. The lowest BCUT2D eigenvalue weighted by atomic mass is 10.2. The molecule has 0 aliphatic rings. The summed E-state index contributed by atoms with van der Waals surface area (Å²) in [4.78, 5) is 12.2. The van der Waals surface area contributed by atoms with E-state index in [1.54, 1.807) is 6.08 Å². The van der Waals surface area contributed by atoms with Crippen molar-refractivity contribution in [3.8, 4) is 0 Å². The molecule has 0 unspecified atom stereocenters. The summed E-state index contributed by atoms with van der Waals surface area (Å²) in [6, 6.07) is 0. The van der Waals surface area contributed by atoms with Gasteiger partial charge in [0.25, 0.3) is 0 Å². The number of rotatable bonds is 6. The summed E-state index contributed by atoms with van der Waals surface area (Å²) in [7, 11) is 0. The van der Waals surface area contributed by atoms with E-state index in [1.807, 2.05) is 0 Å². The van der Waals surface area contributed by atoms with E-state index in [-0.39, 0.29) is 0 Å². The van der Waals surface area contributed by atoms with Gasteiger partial charge in [0.05, 0.1) is 0 Å². The standard InChI is InChI=1S/C10H16N4/c1-2-9-12-8-13-10(14-9)6-4-3-5-7-11/h2,8H,1,3-7,11H2. The third-order valence-electron chi connectivity index (χ3n) is 1.93. The molecule has 1 heterocycles. The second kappa shape index (κ2) is 6.21. The highest BCUT2D eigenvalue weighted by atomic mass is 15.0. The Bertz CT molecular complexity index is 285. The van der Waals surface area contributed by atoms with Gasteiger partial charge in [0.15, 0.2) is 5.82 Å². The largest absolute Gasteiger partial charge is 0.330 e. The van der Waals surface area contributed by atoms with Gasteiger partial charge in [-0.05, 0) is 25.5 Å². The van der Waals surface area contributed by atoms with E-state index < -0.39 is 0 Å². The number of hydrogen-bond donors (Lipinski definition) is 1. The van der Waals surface area contributed by atoms with Crippen LogP contribution < -0.4 is 5.73 Å². The molecule has 4 heteroatoms. The molecule has 0 aliphatic heterocycles. The highest BCUT2D eigenvalue weighted by Gasteiger charge is 1.97. The lowest BCUT2D eigenvalue weighted by Gasteiger charge is -1.99. The summed E-state index contributed by atoms with van der Waals surface area (Å²) in [5.74, 6) is 1.49. The molecule has 0 amide bonds. The summed E-state index contributed by atoms with van der Waals surface area (Å²) >= 11 is 0. The molecule has 0 radical (unpaired) electrons. The molecular weight excluding hydrogens is 176 g/mol. The molecule has 1 rings (SSSR count). The molecule has 0 aliphatic carbocycles. The Morgan fingerprint density at radius 2 is 2.14 bits per heavy atom. The minimum Gasteiger partial charge on any atom is -0.330 e. The summed E-state index contributed by atoms with van der Waals surface area (Å²) in [6.45, 7) is 4.37. The number of unbranched alkanes of at least 4 members (excludes halogenated alkanes) is 2. The maximum Gasteiger partial charge on any atom is 0.155 e. The first-order valence-electron chi connectivity index (χ1n) is 4.87. The first-order chi connectivity index (χ1) is 6.86. The van der Waals surface area contributed by atoms with Crippen LogP contribution >= 0.6 is 0 Å². The molecule has 0 saturated heterocycles. The van der Waals surface area contributed by atoms with Crippen molar-refractivity contribution in [3.05, 3.63) is 24.6 Å². The molecule has 0 atom stereocenters. The van der Waals surface area contributed by atoms with E-state index in [9.17, 15) is 0 Å². The smallest absolute Gasteiger partial charge is 0.155 e. The van der Waals surface area contributed by atoms with Crippen LogP contribution in [0.1, 0.15) is 30.9 Å². The van der Waals surface area contributed by atoms with Gasteiger partial charge in [-0.2, -0.15) is 0 Å². The summed E-state index contributed by atoms with van der Waals surface area (Å²) in [5, 5.41) is 0. The van der Waals surface area contributed by atoms with Crippen molar-refractivity contribution in [1.82, 2.24) is 15.0 Å². The van der Waals surface area contributed by atoms with Gasteiger partial charge in [0.1, 0.15) is 12.2 Å². The van der Waals surface area contributed by atoms with Crippen LogP contribution in [-0.2, 0) is 6.42 Å². The number of aryl methyl sites for hydroxylation is 1. The SMILES string of the molecule is C=Cc1ncnc(CCCCCN)n1. The van der Waals surface area contributed by atoms with Crippen LogP contribution in [0.2, 0.25) is 0 Å². The predicted molar refractivity (Wildman–Crippen MR) is 56.5 cm³/mol. The highest BCUT2D eigenvalue weighted by Crippen LogP contribution is 2.01. The van der Waals surface area contributed by atoms with E-state index in [0.717, 1.165) is 38.1 Å². The molecule has 0 aromatic carbocycles. The minimum atomic E-state index is 0.647. The zero-order valence-electron chi connectivity index (χ0n) is 8.32. The Morgan fingerprint density at radius 1 is 1.29 bits per heavy atom. The summed E-state index contributed by atoms with van der Waals surface area (Å²) in [6.07, 6.45) is 7.33. The van der Waals surface area contributed by atoms with Crippen molar-refractivity contribution < 1.29 is 0 Å². The van der Waals surface area contributed by atoms with E-state index >= 15 is 0 Å². The molecular formula is C10H16N4. The minimum absolute atomic E-state index is 0.647. The van der Waals surface area contributed by atoms with Crippen molar-refractivity contribution in [1.29, 1.82) is 0 Å². The lowest BCUT2D eigenvalue weighted by Crippen LogP contribution is -2.01. The fraction of sp³-hybridized carbons (Fsp3) is 0.500. The Morgan fingerprint density at radius 3 is 2.86 bits per heavy atom. The number of hydrogen-bond acceptors (Lipinski definition) is 4. The Hall–Kier alpha value is -1.29. The van der Waals surface area contributed by atoms with Crippen molar-refractivity contribution in [3.63, 3.8) is 0 Å². The summed E-state index contributed by atoms with van der Waals surface area (Å²) < 4.78 is 0. The first-order valence-corrected chi connectivity index (χ1v) is 4.87. The van der Waals surface area contributed by atoms with Crippen LogP contribution in [0.15, 0.2) is 12.9 Å². The van der Waals surface area contributed by atoms with Gasteiger partial charge in [-0.15, -0.1) is 0 Å². The fourth-order valence-corrected chi connectivity index (χ4v) is 1.17. The molecule has 0 saturated carbocycles. The van der Waals surface area contributed by atoms with Crippen molar-refractivity contribution in [2.45, 2.75) is 25.7 Å². The average molecular weight is 192 g/mol. The zero-order valence-corrected chi connectivity index (χ0v) is 8.32. The fourth-order valence-electron chi connectivity index (χ4n) is 1.17. The third kappa shape index (κ3) is 3.62. The maximum absolute atomic E-state index is 5.40. The second-order valence-corrected chi connectivity index (χ2v) is 3.06. The Labute approximate surface area is 84.3 Å². The normalized spacial score (nSPS) is 10.1. The molecule has 0 spiro atoms. The zero-order chi connectivity index (χ0) is 10.2. The number of nitrogens with two attached hydrogens (primary N) is 1. The predicted octanol–water partition coefficient (Wildman–Crippen LogP) is 1.19. The Balaban J connectivity index is 2.38. The van der Waals surface area contributed by atoms with E-state index in [1.165, 1.54) is 6.33 Å². The lowest BCUT2D eigenvalue weighted by molar-refractivity contribution is 0.665. The Kier molecular flexibility index (Phi) is 4.78. The molecule has 14 heavy (non-hydrogen) atoms. The highest BCUT2D eigenvalue weighted by molar-refractivity contribution is 5.34. The van der Waals surface area contributed by atoms with Crippen LogP contribution in [0.25, 0.3) is 6.08 Å². The van der Waals surface area contributed by atoms with Crippen LogP contribution in [0.3, 0.4) is 0 Å². The third-order valence-corrected chi connectivity index (χ3v) is 1.93. The van der Waals surface area contributed by atoms with Gasteiger partial charge in [0, 0.05) is 6.42 Å². The molecule has 0 fully saturated rings. The summed E-state index contributed by atoms with van der Waals surface area (Å²) in [5.41, 5.74) is 5.40. The molecule has 76 valence electrons. The van der Waals surface area contributed by atoms with E-state index in [4.69, 9.17) is 5.73 Å². The van der Waals surface area contributed by atoms with Crippen LogP contribution in [0, 0.1) is 0 Å². The van der Waals surface area contributed by atoms with Gasteiger partial charge in [-0.3, -0.25) is 0 Å². The average Bonchev–Trinajstić information content (AvgIpc) is 2.25. The monoisotopic (exact) mass is 192 g/mol. The van der Waals surface area contributed by atoms with Gasteiger partial charge in [-0.1, -0.05) is 13.0 Å². The van der Waals surface area contributed by atoms with Crippen molar-refractivity contribution >= 4 is 6.08 Å². The van der Waals surface area contributed by atoms with E-state index in [0.29, 0.717) is 5.82 Å². The molecule has 0 bridgehead atoms. The van der Waals surface area contributed by atoms with Crippen LogP contribution in [0.4, 0.5) is 0 Å². The maximum atomic E-state index is 5.40. The van der Waals surface area contributed by atoms with Crippen molar-refractivity contribution in [2.24, 2.45) is 5.73 Å². The molecule has 1 aromatic heterocycles. The van der Waals surface area contributed by atoms with E-state index in [2.05, 4.69) is 21.5 Å². The van der Waals surface area contributed by atoms with Gasteiger partial charge in [0.2, 0.25) is 0 Å². The number of nitrogens with zero attached hydrogens (tertiary/aromatic N) is 3.